The Bertz CT molecular complexity index is 933. The molecule has 0 bridgehead atoms. The zero-order valence-corrected chi connectivity index (χ0v) is 17.7. The van der Waals surface area contributed by atoms with Gasteiger partial charge in [0.15, 0.2) is 11.6 Å². The van der Waals surface area contributed by atoms with Gasteiger partial charge in [-0.15, -0.1) is 0 Å². The Morgan fingerprint density at radius 2 is 1.72 bits per heavy atom. The lowest BCUT2D eigenvalue weighted by Crippen LogP contribution is -2.34. The quantitative estimate of drug-likeness (QED) is 0.706. The molecule has 0 fully saturated rings. The third-order valence-corrected chi connectivity index (χ3v) is 6.43. The first kappa shape index (κ1) is 22.6. The number of rotatable bonds is 8. The molecule has 2 rings (SSSR count). The molecule has 0 spiro atoms. The molecule has 29 heavy (non-hydrogen) atoms. The lowest BCUT2D eigenvalue weighted by atomic mass is 10.3. The third kappa shape index (κ3) is 5.91. The molecule has 158 valence electrons. The van der Waals surface area contributed by atoms with Crippen LogP contribution >= 0.6 is 0 Å². The van der Waals surface area contributed by atoms with Crippen LogP contribution in [-0.2, 0) is 10.0 Å². The molecule has 0 saturated carbocycles. The first-order valence-corrected chi connectivity index (χ1v) is 10.5. The molecule has 0 aliphatic rings. The van der Waals surface area contributed by atoms with Crippen LogP contribution < -0.4 is 10.1 Å². The lowest BCUT2D eigenvalue weighted by molar-refractivity contribution is 0.206. The van der Waals surface area contributed by atoms with Gasteiger partial charge in [0, 0.05) is 25.8 Å². The van der Waals surface area contributed by atoms with Crippen molar-refractivity contribution in [2.24, 2.45) is 0 Å². The summed E-state index contributed by atoms with van der Waals surface area (Å²) in [5.41, 5.74) is 0.461. The molecule has 2 aromatic carbocycles. The molecular weight excluding hydrogens is 397 g/mol. The predicted octanol–water partition coefficient (Wildman–Crippen LogP) is 3.40. The van der Waals surface area contributed by atoms with Crippen molar-refractivity contribution in [3.63, 3.8) is 0 Å². The molecular formula is C20H26FN3O4S. The maximum Gasteiger partial charge on any atom is 0.321 e. The Labute approximate surface area is 171 Å². The zero-order chi connectivity index (χ0) is 21.6. The van der Waals surface area contributed by atoms with E-state index in [-0.39, 0.29) is 29.8 Å². The van der Waals surface area contributed by atoms with Crippen molar-refractivity contribution in [2.75, 3.05) is 32.6 Å². The number of ether oxygens (including phenoxy) is 1. The summed E-state index contributed by atoms with van der Waals surface area (Å²) in [7, 11) is -0.477. The van der Waals surface area contributed by atoms with Crippen LogP contribution in [0.3, 0.4) is 0 Å². The van der Waals surface area contributed by atoms with Gasteiger partial charge in [0.25, 0.3) is 0 Å². The molecule has 0 atom stereocenters. The minimum absolute atomic E-state index is 0.129. The fourth-order valence-corrected chi connectivity index (χ4v) is 3.70. The lowest BCUT2D eigenvalue weighted by Gasteiger charge is -2.21. The molecule has 2 amide bonds. The minimum Gasteiger partial charge on any atom is -0.489 e. The smallest absolute Gasteiger partial charge is 0.321 e. The van der Waals surface area contributed by atoms with Gasteiger partial charge in [-0.05, 0) is 50.2 Å². The van der Waals surface area contributed by atoms with Gasteiger partial charge in [0.1, 0.15) is 6.61 Å². The van der Waals surface area contributed by atoms with Gasteiger partial charge in [0.2, 0.25) is 10.0 Å². The Kier molecular flexibility index (Phi) is 7.58. The van der Waals surface area contributed by atoms with E-state index in [1.807, 2.05) is 0 Å². The maximum absolute atomic E-state index is 13.5. The monoisotopic (exact) mass is 423 g/mol. The van der Waals surface area contributed by atoms with Crippen LogP contribution in [0.5, 0.6) is 5.75 Å². The highest BCUT2D eigenvalue weighted by Gasteiger charge is 2.23. The molecule has 0 aromatic heterocycles. The van der Waals surface area contributed by atoms with Crippen molar-refractivity contribution in [3.05, 3.63) is 54.3 Å². The maximum atomic E-state index is 13.5. The average molecular weight is 424 g/mol. The highest BCUT2D eigenvalue weighted by molar-refractivity contribution is 7.89. The fraction of sp³-hybridized carbons (Fsp3) is 0.350. The molecule has 0 unspecified atom stereocenters. The molecule has 9 heteroatoms. The largest absolute Gasteiger partial charge is 0.489 e. The van der Waals surface area contributed by atoms with E-state index in [1.165, 1.54) is 52.7 Å². The number of sulfonamides is 1. The van der Waals surface area contributed by atoms with Crippen LogP contribution in [0.25, 0.3) is 0 Å². The Balaban J connectivity index is 1.90. The van der Waals surface area contributed by atoms with Crippen LogP contribution in [0.4, 0.5) is 14.9 Å². The molecule has 0 aliphatic heterocycles. The van der Waals surface area contributed by atoms with Crippen molar-refractivity contribution < 1.29 is 22.3 Å². The summed E-state index contributed by atoms with van der Waals surface area (Å²) in [5.74, 6) is -0.331. The third-order valence-electron chi connectivity index (χ3n) is 4.38. The highest BCUT2D eigenvalue weighted by Crippen LogP contribution is 2.19. The van der Waals surface area contributed by atoms with E-state index < -0.39 is 21.9 Å². The minimum atomic E-state index is -3.58. The number of urea groups is 1. The van der Waals surface area contributed by atoms with Crippen molar-refractivity contribution in [1.29, 1.82) is 0 Å². The number of nitrogens with zero attached hydrogens (tertiary/aromatic N) is 2. The number of halogens is 1. The van der Waals surface area contributed by atoms with Gasteiger partial charge in [0.05, 0.1) is 11.4 Å². The van der Waals surface area contributed by atoms with Gasteiger partial charge in [-0.2, -0.15) is 4.31 Å². The topological polar surface area (TPSA) is 79.0 Å². The van der Waals surface area contributed by atoms with E-state index in [0.29, 0.717) is 5.69 Å². The summed E-state index contributed by atoms with van der Waals surface area (Å²) in [6.07, 6.45) is 0. The van der Waals surface area contributed by atoms with Crippen LogP contribution in [0.15, 0.2) is 53.4 Å². The summed E-state index contributed by atoms with van der Waals surface area (Å²) in [4.78, 5) is 13.8. The molecule has 2 aromatic rings. The second kappa shape index (κ2) is 9.71. The Hall–Kier alpha value is -2.65. The Morgan fingerprint density at radius 1 is 1.10 bits per heavy atom. The van der Waals surface area contributed by atoms with Crippen LogP contribution in [0.2, 0.25) is 0 Å². The first-order chi connectivity index (χ1) is 13.6. The van der Waals surface area contributed by atoms with Gasteiger partial charge in [-0.1, -0.05) is 12.1 Å². The van der Waals surface area contributed by atoms with Crippen LogP contribution in [-0.4, -0.2) is 56.9 Å². The predicted molar refractivity (Wildman–Crippen MR) is 110 cm³/mol. The highest BCUT2D eigenvalue weighted by atomic mass is 32.2. The number of carbonyl (C=O) groups excluding carboxylic acids is 1. The summed E-state index contributed by atoms with van der Waals surface area (Å²) in [5, 5.41) is 2.68. The summed E-state index contributed by atoms with van der Waals surface area (Å²) < 4.78 is 45.1. The van der Waals surface area contributed by atoms with E-state index in [0.717, 1.165) is 0 Å². The summed E-state index contributed by atoms with van der Waals surface area (Å²) >= 11 is 0. The van der Waals surface area contributed by atoms with E-state index in [4.69, 9.17) is 4.74 Å². The van der Waals surface area contributed by atoms with Gasteiger partial charge in [-0.3, -0.25) is 0 Å². The average Bonchev–Trinajstić information content (AvgIpc) is 2.69. The number of para-hydroxylation sites is 1. The van der Waals surface area contributed by atoms with E-state index >= 15 is 0 Å². The number of hydrogen-bond donors (Lipinski definition) is 1. The summed E-state index contributed by atoms with van der Waals surface area (Å²) in [6.45, 7) is 3.95. The molecule has 0 heterocycles. The van der Waals surface area contributed by atoms with E-state index in [2.05, 4.69) is 5.32 Å². The normalized spacial score (nSPS) is 11.6. The number of likely N-dealkylation sites (N-methyl/N-ethyl adjacent to an activating group) is 1. The molecule has 0 radical (unpaired) electrons. The Morgan fingerprint density at radius 3 is 2.31 bits per heavy atom. The van der Waals surface area contributed by atoms with Crippen molar-refractivity contribution >= 4 is 21.7 Å². The number of hydrogen-bond acceptors (Lipinski definition) is 4. The second-order valence-electron chi connectivity index (χ2n) is 6.77. The first-order valence-electron chi connectivity index (χ1n) is 9.10. The van der Waals surface area contributed by atoms with Crippen LogP contribution in [0, 0.1) is 5.82 Å². The number of anilines is 1. The van der Waals surface area contributed by atoms with Crippen molar-refractivity contribution in [2.45, 2.75) is 24.8 Å². The fourth-order valence-electron chi connectivity index (χ4n) is 2.33. The van der Waals surface area contributed by atoms with Gasteiger partial charge >= 0.3 is 6.03 Å². The van der Waals surface area contributed by atoms with Crippen molar-refractivity contribution in [1.82, 2.24) is 9.21 Å². The number of benzene rings is 2. The number of nitrogens with one attached hydrogen (secondary N) is 1. The second-order valence-corrected chi connectivity index (χ2v) is 8.77. The van der Waals surface area contributed by atoms with E-state index in [9.17, 15) is 17.6 Å². The molecule has 7 nitrogen and oxygen atoms in total. The summed E-state index contributed by atoms with van der Waals surface area (Å²) in [6, 6.07) is 11.4. The zero-order valence-electron chi connectivity index (χ0n) is 16.9. The molecule has 0 saturated heterocycles. The molecule has 1 N–H and O–H groups in total. The van der Waals surface area contributed by atoms with Crippen molar-refractivity contribution in [3.8, 4) is 5.75 Å². The standard InChI is InChI=1S/C20H26FN3O4S/c1-15(2)24(4)29(26,27)17-11-9-16(10-12-17)22-20(25)23(3)13-14-28-19-8-6-5-7-18(19)21/h5-12,15H,13-14H2,1-4H3,(H,22,25). The van der Waals surface area contributed by atoms with Gasteiger partial charge < -0.3 is 15.0 Å². The number of amides is 2. The SMILES string of the molecule is CC(C)N(C)S(=O)(=O)c1ccc(NC(=O)N(C)CCOc2ccccc2F)cc1. The van der Waals surface area contributed by atoms with E-state index in [1.54, 1.807) is 33.0 Å². The molecule has 0 aliphatic carbocycles. The van der Waals surface area contributed by atoms with Gasteiger partial charge in [-0.25, -0.2) is 17.6 Å². The van der Waals surface area contributed by atoms with Crippen LogP contribution in [0.1, 0.15) is 13.8 Å². The number of carbonyl (C=O) groups is 1.